The Morgan fingerprint density at radius 3 is 2.33 bits per heavy atom. The number of hydrogen-bond acceptors (Lipinski definition) is 6. The largest absolute Gasteiger partial charge is 0.524 e. The van der Waals surface area contributed by atoms with Crippen molar-refractivity contribution in [3.05, 3.63) is 35.7 Å². The first-order chi connectivity index (χ1) is 12.4. The highest BCUT2D eigenvalue weighted by molar-refractivity contribution is 7.46. The second-order valence-corrected chi connectivity index (χ2v) is 7.82. The van der Waals surface area contributed by atoms with Crippen LogP contribution in [0.5, 0.6) is 5.75 Å². The number of benzene rings is 1. The molecule has 1 heterocycles. The van der Waals surface area contributed by atoms with Crippen molar-refractivity contribution in [3.8, 4) is 5.75 Å². The van der Waals surface area contributed by atoms with Crippen LogP contribution in [0.3, 0.4) is 0 Å². The van der Waals surface area contributed by atoms with Crippen LogP contribution in [0.2, 0.25) is 0 Å². The van der Waals surface area contributed by atoms with Gasteiger partial charge in [-0.15, -0.1) is 0 Å². The smallest absolute Gasteiger partial charge is 0.497 e. The lowest BCUT2D eigenvalue weighted by Gasteiger charge is -2.11. The third-order valence-corrected chi connectivity index (χ3v) is 4.01. The fourth-order valence-electron chi connectivity index (χ4n) is 2.18. The quantitative estimate of drug-likeness (QED) is 0.387. The number of methoxy groups -OCH3 is 1. The van der Waals surface area contributed by atoms with E-state index >= 15 is 0 Å². The Labute approximate surface area is 154 Å². The first-order valence-electron chi connectivity index (χ1n) is 7.31. The molecule has 0 aliphatic carbocycles. The van der Waals surface area contributed by atoms with Crippen molar-refractivity contribution in [2.45, 2.75) is 13.8 Å². The maximum atomic E-state index is 11.3. The van der Waals surface area contributed by atoms with E-state index < -0.39 is 15.6 Å². The van der Waals surface area contributed by atoms with Crippen molar-refractivity contribution in [1.29, 1.82) is 0 Å². The van der Waals surface area contributed by atoms with Gasteiger partial charge in [-0.25, -0.2) is 13.8 Å². The van der Waals surface area contributed by atoms with Gasteiger partial charge >= 0.3 is 15.6 Å². The number of allylic oxidation sites excluding steroid dienone is 1. The molecule has 0 aliphatic heterocycles. The number of nitrogens with zero attached hydrogens (tertiary/aromatic N) is 2. The summed E-state index contributed by atoms with van der Waals surface area (Å²) in [5.41, 5.74) is 0.996. The van der Waals surface area contributed by atoms with E-state index in [9.17, 15) is 9.13 Å². The lowest BCUT2D eigenvalue weighted by molar-refractivity contribution is 0.258. The molecule has 0 radical (unpaired) electrons. The summed E-state index contributed by atoms with van der Waals surface area (Å²) < 4.78 is 37.5. The van der Waals surface area contributed by atoms with Crippen LogP contribution in [0, 0.1) is 0 Å². The zero-order valence-electron chi connectivity index (χ0n) is 14.5. The lowest BCUT2D eigenvalue weighted by atomic mass is 10.1. The van der Waals surface area contributed by atoms with Crippen LogP contribution >= 0.6 is 15.6 Å². The molecule has 13 heteroatoms. The van der Waals surface area contributed by atoms with E-state index in [-0.39, 0.29) is 11.5 Å². The second-order valence-electron chi connectivity index (χ2n) is 5.47. The molecule has 148 valence electrons. The van der Waals surface area contributed by atoms with Gasteiger partial charge in [-0.3, -0.25) is 19.6 Å². The van der Waals surface area contributed by atoms with Gasteiger partial charge in [0.25, 0.3) is 0 Å². The fraction of sp³-hybridized carbons (Fsp3) is 0.214. The summed E-state index contributed by atoms with van der Waals surface area (Å²) in [6.07, 6.45) is 1.88. The Balaban J connectivity index is 2.65. The molecule has 11 nitrogen and oxygen atoms in total. The molecule has 1 aromatic carbocycles. The van der Waals surface area contributed by atoms with E-state index in [1.807, 2.05) is 0 Å². The number of ether oxygens (including phenoxy) is 1. The van der Waals surface area contributed by atoms with Gasteiger partial charge in [-0.2, -0.15) is 5.10 Å². The highest BCUT2D eigenvalue weighted by Crippen LogP contribution is 2.44. The van der Waals surface area contributed by atoms with Gasteiger partial charge in [0.05, 0.1) is 18.8 Å². The summed E-state index contributed by atoms with van der Waals surface area (Å²) in [5.74, 6) is 0.343. The van der Waals surface area contributed by atoms with Crippen LogP contribution in [0.4, 0.5) is 0 Å². The highest BCUT2D eigenvalue weighted by Gasteiger charge is 2.24. The average Bonchev–Trinajstić information content (AvgIpc) is 2.88. The zero-order chi connectivity index (χ0) is 20.4. The van der Waals surface area contributed by atoms with Crippen LogP contribution in [-0.4, -0.2) is 36.5 Å². The molecule has 0 spiro atoms. The van der Waals surface area contributed by atoms with Crippen LogP contribution in [0.25, 0.3) is 22.9 Å². The Hall–Kier alpha value is -2.13. The van der Waals surface area contributed by atoms with E-state index in [0.717, 1.165) is 12.5 Å². The number of rotatable bonds is 7. The number of hydrogen-bond donors (Lipinski definition) is 4. The van der Waals surface area contributed by atoms with Gasteiger partial charge < -0.3 is 13.8 Å². The summed E-state index contributed by atoms with van der Waals surface area (Å²) in [7, 11) is -8.12. The molecule has 2 rings (SSSR count). The lowest BCUT2D eigenvalue weighted by Crippen LogP contribution is -1.96. The second kappa shape index (κ2) is 7.85. The molecule has 0 fully saturated rings. The molecule has 0 saturated carbocycles. The van der Waals surface area contributed by atoms with E-state index in [1.54, 1.807) is 32.0 Å². The maximum absolute atomic E-state index is 11.3. The summed E-state index contributed by atoms with van der Waals surface area (Å²) in [4.78, 5) is 35.9. The van der Waals surface area contributed by atoms with Crippen molar-refractivity contribution < 1.29 is 42.5 Å². The number of phosphoric ester groups is 2. The molecule has 0 bridgehead atoms. The van der Waals surface area contributed by atoms with Gasteiger partial charge in [0.1, 0.15) is 17.7 Å². The molecular weight excluding hydrogens is 402 g/mol. The zero-order valence-corrected chi connectivity index (χ0v) is 16.3. The molecule has 1 aromatic heterocycles. The highest BCUT2D eigenvalue weighted by atomic mass is 31.2. The van der Waals surface area contributed by atoms with Gasteiger partial charge in [-0.1, -0.05) is 0 Å². The van der Waals surface area contributed by atoms with E-state index in [0.29, 0.717) is 22.2 Å². The average molecular weight is 420 g/mol. The maximum Gasteiger partial charge on any atom is 0.524 e. The van der Waals surface area contributed by atoms with Crippen molar-refractivity contribution in [1.82, 2.24) is 9.78 Å². The van der Waals surface area contributed by atoms with E-state index in [4.69, 9.17) is 28.8 Å². The normalized spacial score (nSPS) is 12.4. The minimum absolute atomic E-state index is 0.122. The topological polar surface area (TPSA) is 161 Å². The van der Waals surface area contributed by atoms with Gasteiger partial charge in [0.2, 0.25) is 0 Å². The van der Waals surface area contributed by atoms with Gasteiger partial charge in [-0.05, 0) is 31.6 Å². The van der Waals surface area contributed by atoms with Crippen LogP contribution in [0.1, 0.15) is 19.5 Å². The first-order valence-corrected chi connectivity index (χ1v) is 10.4. The summed E-state index contributed by atoms with van der Waals surface area (Å²) in [5, 5.41) is 4.66. The molecule has 0 aliphatic rings. The molecule has 0 amide bonds. The summed E-state index contributed by atoms with van der Waals surface area (Å²) in [6.45, 7) is 3.18. The van der Waals surface area contributed by atoms with Crippen LogP contribution in [-0.2, 0) is 18.2 Å². The summed E-state index contributed by atoms with van der Waals surface area (Å²) >= 11 is 0. The SMILES string of the molecule is COc1ccc2c(C(OP(=O)(O)O)=C(C)C)nn(C=COP(=O)(O)O)c2c1. The number of phosphoric acid groups is 2. The van der Waals surface area contributed by atoms with Crippen LogP contribution < -0.4 is 4.74 Å². The molecule has 4 N–H and O–H groups in total. The minimum Gasteiger partial charge on any atom is -0.497 e. The van der Waals surface area contributed by atoms with Crippen molar-refractivity contribution in [2.24, 2.45) is 0 Å². The Bertz CT molecular complexity index is 995. The third kappa shape index (κ3) is 5.67. The molecule has 2 aromatic rings. The Morgan fingerprint density at radius 1 is 1.15 bits per heavy atom. The van der Waals surface area contributed by atoms with E-state index in [2.05, 4.69) is 9.62 Å². The minimum atomic E-state index is -4.85. The molecule has 27 heavy (non-hydrogen) atoms. The first kappa shape index (κ1) is 21.2. The van der Waals surface area contributed by atoms with Gasteiger partial charge in [0, 0.05) is 11.5 Å². The predicted octanol–water partition coefficient (Wildman–Crippen LogP) is 2.44. The predicted molar refractivity (Wildman–Crippen MR) is 96.1 cm³/mol. The Morgan fingerprint density at radius 2 is 1.81 bits per heavy atom. The molecule has 0 unspecified atom stereocenters. The van der Waals surface area contributed by atoms with Crippen molar-refractivity contribution in [2.75, 3.05) is 7.11 Å². The number of aromatic nitrogens is 2. The molecule has 0 saturated heterocycles. The Kier molecular flexibility index (Phi) is 6.16. The fourth-order valence-corrected chi connectivity index (χ4v) is 2.90. The van der Waals surface area contributed by atoms with Crippen molar-refractivity contribution >= 4 is 38.5 Å². The van der Waals surface area contributed by atoms with Crippen molar-refractivity contribution in [3.63, 3.8) is 0 Å². The summed E-state index contributed by atoms with van der Waals surface area (Å²) in [6, 6.07) is 4.80. The standard InChI is InChI=1S/C14H18N2O9P2/c1-9(2)14(25-27(20,21)22)13-11-5-4-10(23-3)8-12(11)16(15-13)6-7-24-26(17,18)19/h4-8H,1-3H3,(H2,17,18,19)(H2,20,21,22). The van der Waals surface area contributed by atoms with Gasteiger partial charge in [0.15, 0.2) is 5.76 Å². The number of fused-ring (bicyclic) bond motifs is 1. The van der Waals surface area contributed by atoms with E-state index in [1.165, 1.54) is 11.8 Å². The van der Waals surface area contributed by atoms with Crippen LogP contribution in [0.15, 0.2) is 30.0 Å². The molecular formula is C14H18N2O9P2. The molecule has 0 atom stereocenters. The third-order valence-electron chi connectivity index (χ3n) is 3.19. The monoisotopic (exact) mass is 420 g/mol.